The summed E-state index contributed by atoms with van der Waals surface area (Å²) in [5, 5.41) is 0. The van der Waals surface area contributed by atoms with Gasteiger partial charge in [-0.05, 0) is 48.6 Å². The average Bonchev–Trinajstić information content (AvgIpc) is 2.15. The van der Waals surface area contributed by atoms with Crippen molar-refractivity contribution in [1.82, 2.24) is 9.80 Å². The van der Waals surface area contributed by atoms with E-state index >= 15 is 0 Å². The van der Waals surface area contributed by atoms with Crippen molar-refractivity contribution in [1.29, 1.82) is 0 Å². The van der Waals surface area contributed by atoms with Gasteiger partial charge in [0.05, 0.1) is 5.54 Å². The molecule has 1 rings (SSSR count). The smallest absolute Gasteiger partial charge is 0.242 e. The summed E-state index contributed by atoms with van der Waals surface area (Å²) in [5.41, 5.74) is -0.376. The zero-order valence-corrected chi connectivity index (χ0v) is 11.1. The van der Waals surface area contributed by atoms with E-state index in [2.05, 4.69) is 25.7 Å². The van der Waals surface area contributed by atoms with Gasteiger partial charge in [-0.15, -0.1) is 0 Å². The summed E-state index contributed by atoms with van der Waals surface area (Å²) >= 11 is 0. The molecule has 1 fully saturated rings. The van der Waals surface area contributed by atoms with E-state index in [0.717, 1.165) is 6.54 Å². The number of hydrogen-bond donors (Lipinski definition) is 0. The monoisotopic (exact) mass is 212 g/mol. The van der Waals surface area contributed by atoms with Crippen LogP contribution in [-0.4, -0.2) is 46.4 Å². The number of carbonyl (C=O) groups is 1. The first-order valence-corrected chi connectivity index (χ1v) is 5.72. The molecule has 1 saturated heterocycles. The van der Waals surface area contributed by atoms with Crippen molar-refractivity contribution in [2.75, 3.05) is 13.6 Å². The van der Waals surface area contributed by atoms with E-state index in [4.69, 9.17) is 0 Å². The van der Waals surface area contributed by atoms with Crippen molar-refractivity contribution in [3.8, 4) is 0 Å². The number of hydrogen-bond acceptors (Lipinski definition) is 2. The Morgan fingerprint density at radius 2 is 1.73 bits per heavy atom. The van der Waals surface area contributed by atoms with Gasteiger partial charge in [0.2, 0.25) is 5.91 Å². The van der Waals surface area contributed by atoms with Crippen molar-refractivity contribution in [2.24, 2.45) is 0 Å². The zero-order valence-electron chi connectivity index (χ0n) is 11.1. The van der Waals surface area contributed by atoms with E-state index in [9.17, 15) is 4.79 Å². The molecule has 0 aromatic heterocycles. The number of likely N-dealkylation sites (N-methyl/N-ethyl adjacent to an activating group) is 2. The lowest BCUT2D eigenvalue weighted by molar-refractivity contribution is -0.164. The summed E-state index contributed by atoms with van der Waals surface area (Å²) in [6, 6.07) is 0.257. The fourth-order valence-corrected chi connectivity index (χ4v) is 2.47. The molecular formula is C12H24N2O. The minimum atomic E-state index is -0.397. The maximum absolute atomic E-state index is 12.3. The van der Waals surface area contributed by atoms with Gasteiger partial charge in [-0.1, -0.05) is 0 Å². The Balaban J connectivity index is 3.17. The van der Waals surface area contributed by atoms with Gasteiger partial charge < -0.3 is 4.90 Å². The largest absolute Gasteiger partial charge is 0.337 e. The van der Waals surface area contributed by atoms with Gasteiger partial charge >= 0.3 is 0 Å². The summed E-state index contributed by atoms with van der Waals surface area (Å²) < 4.78 is 0. The molecule has 0 aromatic rings. The number of rotatable bonds is 1. The van der Waals surface area contributed by atoms with E-state index in [-0.39, 0.29) is 17.5 Å². The number of amides is 1. The second kappa shape index (κ2) is 3.48. The Bertz CT molecular complexity index is 271. The van der Waals surface area contributed by atoms with E-state index < -0.39 is 5.54 Å². The molecule has 1 aliphatic rings. The molecule has 1 aliphatic heterocycles. The Morgan fingerprint density at radius 1 is 1.27 bits per heavy atom. The summed E-state index contributed by atoms with van der Waals surface area (Å²) in [7, 11) is 2.04. The molecular weight excluding hydrogens is 188 g/mol. The SMILES string of the molecule is CCN1C(=O)C(C)(C)N(C)C(C)(C)C1C. The Kier molecular flexibility index (Phi) is 2.90. The first kappa shape index (κ1) is 12.5. The van der Waals surface area contributed by atoms with Crippen LogP contribution < -0.4 is 0 Å². The minimum Gasteiger partial charge on any atom is -0.337 e. The van der Waals surface area contributed by atoms with E-state index in [1.54, 1.807) is 0 Å². The molecule has 1 heterocycles. The molecule has 15 heavy (non-hydrogen) atoms. The number of piperazine rings is 1. The fourth-order valence-electron chi connectivity index (χ4n) is 2.47. The van der Waals surface area contributed by atoms with E-state index in [1.165, 1.54) is 0 Å². The second-order valence-corrected chi connectivity index (χ2v) is 5.54. The highest BCUT2D eigenvalue weighted by Gasteiger charge is 2.51. The molecule has 3 nitrogen and oxygen atoms in total. The van der Waals surface area contributed by atoms with Crippen molar-refractivity contribution in [3.05, 3.63) is 0 Å². The van der Waals surface area contributed by atoms with Crippen LogP contribution in [0.1, 0.15) is 41.5 Å². The molecule has 0 aliphatic carbocycles. The summed E-state index contributed by atoms with van der Waals surface area (Å²) in [5.74, 6) is 0.235. The average molecular weight is 212 g/mol. The van der Waals surface area contributed by atoms with Crippen molar-refractivity contribution < 1.29 is 4.79 Å². The summed E-state index contributed by atoms with van der Waals surface area (Å²) in [6.07, 6.45) is 0. The van der Waals surface area contributed by atoms with Gasteiger partial charge in [0.25, 0.3) is 0 Å². The molecule has 88 valence electrons. The van der Waals surface area contributed by atoms with Crippen LogP contribution in [0.2, 0.25) is 0 Å². The minimum absolute atomic E-state index is 0.0213. The highest BCUT2D eigenvalue weighted by molar-refractivity contribution is 5.87. The van der Waals surface area contributed by atoms with Gasteiger partial charge in [0.1, 0.15) is 0 Å². The molecule has 1 atom stereocenters. The number of nitrogens with zero attached hydrogens (tertiary/aromatic N) is 2. The van der Waals surface area contributed by atoms with Crippen LogP contribution in [-0.2, 0) is 4.79 Å². The topological polar surface area (TPSA) is 23.6 Å². The van der Waals surface area contributed by atoms with Crippen molar-refractivity contribution in [2.45, 2.75) is 58.7 Å². The molecule has 0 spiro atoms. The van der Waals surface area contributed by atoms with Gasteiger partial charge in [-0.25, -0.2) is 0 Å². The molecule has 1 unspecified atom stereocenters. The van der Waals surface area contributed by atoms with Crippen LogP contribution in [0.5, 0.6) is 0 Å². The Hall–Kier alpha value is -0.570. The van der Waals surface area contributed by atoms with E-state index in [0.29, 0.717) is 0 Å². The molecule has 0 N–H and O–H groups in total. The van der Waals surface area contributed by atoms with Crippen LogP contribution >= 0.6 is 0 Å². The lowest BCUT2D eigenvalue weighted by Gasteiger charge is -2.57. The first-order valence-electron chi connectivity index (χ1n) is 5.72. The van der Waals surface area contributed by atoms with Crippen LogP contribution in [0.15, 0.2) is 0 Å². The quantitative estimate of drug-likeness (QED) is 0.661. The second-order valence-electron chi connectivity index (χ2n) is 5.54. The third-order valence-corrected chi connectivity index (χ3v) is 4.32. The van der Waals surface area contributed by atoms with Gasteiger partial charge in [0, 0.05) is 18.1 Å². The normalized spacial score (nSPS) is 30.7. The summed E-state index contributed by atoms with van der Waals surface area (Å²) in [4.78, 5) is 16.5. The molecule has 1 amide bonds. The van der Waals surface area contributed by atoms with Crippen LogP contribution in [0.3, 0.4) is 0 Å². The van der Waals surface area contributed by atoms with Gasteiger partial charge in [-0.2, -0.15) is 0 Å². The highest BCUT2D eigenvalue weighted by Crippen LogP contribution is 2.35. The predicted octanol–water partition coefficient (Wildman–Crippen LogP) is 1.73. The fraction of sp³-hybridized carbons (Fsp3) is 0.917. The van der Waals surface area contributed by atoms with Crippen LogP contribution in [0, 0.1) is 0 Å². The Labute approximate surface area is 93.4 Å². The standard InChI is InChI=1S/C12H24N2O/c1-8-14-9(2)11(3,4)13(7)12(5,6)10(14)15/h9H,8H2,1-7H3. The third-order valence-electron chi connectivity index (χ3n) is 4.32. The lowest BCUT2D eigenvalue weighted by atomic mass is 9.82. The van der Waals surface area contributed by atoms with E-state index in [1.807, 2.05) is 32.7 Å². The summed E-state index contributed by atoms with van der Waals surface area (Å²) in [6.45, 7) is 13.4. The van der Waals surface area contributed by atoms with Crippen LogP contribution in [0.4, 0.5) is 0 Å². The zero-order chi connectivity index (χ0) is 12.0. The maximum atomic E-state index is 12.3. The first-order chi connectivity index (χ1) is 6.67. The van der Waals surface area contributed by atoms with Crippen molar-refractivity contribution in [3.63, 3.8) is 0 Å². The maximum Gasteiger partial charge on any atom is 0.242 e. The lowest BCUT2D eigenvalue weighted by Crippen LogP contribution is -2.73. The molecule has 0 radical (unpaired) electrons. The Morgan fingerprint density at radius 3 is 2.13 bits per heavy atom. The molecule has 0 saturated carbocycles. The van der Waals surface area contributed by atoms with Gasteiger partial charge in [-0.3, -0.25) is 9.69 Å². The third kappa shape index (κ3) is 1.57. The van der Waals surface area contributed by atoms with Gasteiger partial charge in [0.15, 0.2) is 0 Å². The predicted molar refractivity (Wildman–Crippen MR) is 62.8 cm³/mol. The molecule has 3 heteroatoms. The molecule has 0 aromatic carbocycles. The van der Waals surface area contributed by atoms with Crippen LogP contribution in [0.25, 0.3) is 0 Å². The number of carbonyl (C=O) groups excluding carboxylic acids is 1. The van der Waals surface area contributed by atoms with Crippen molar-refractivity contribution >= 4 is 5.91 Å². The molecule has 0 bridgehead atoms. The highest BCUT2D eigenvalue weighted by atomic mass is 16.2.